The summed E-state index contributed by atoms with van der Waals surface area (Å²) in [5.74, 6) is 5.62. The Hall–Kier alpha value is -2.08. The van der Waals surface area contributed by atoms with Gasteiger partial charge in [0.25, 0.3) is 0 Å². The zero-order chi connectivity index (χ0) is 14.2. The van der Waals surface area contributed by atoms with Crippen LogP contribution in [0, 0.1) is 11.8 Å². The fourth-order valence-corrected chi connectivity index (χ4v) is 2.15. The number of hydrogen-bond donors (Lipinski definition) is 1. The van der Waals surface area contributed by atoms with E-state index in [4.69, 9.17) is 5.11 Å². The van der Waals surface area contributed by atoms with E-state index in [0.717, 1.165) is 18.7 Å². The molecule has 0 radical (unpaired) electrons. The first kappa shape index (κ1) is 14.3. The lowest BCUT2D eigenvalue weighted by atomic mass is 10.1. The van der Waals surface area contributed by atoms with Crippen molar-refractivity contribution < 1.29 is 5.11 Å². The molecule has 0 saturated heterocycles. The summed E-state index contributed by atoms with van der Waals surface area (Å²) in [6, 6.07) is 18.6. The quantitative estimate of drug-likeness (QED) is 0.859. The Morgan fingerprint density at radius 1 is 0.950 bits per heavy atom. The molecular formula is C18H19NO. The second-order valence-corrected chi connectivity index (χ2v) is 4.82. The van der Waals surface area contributed by atoms with Crippen LogP contribution in [0.15, 0.2) is 54.6 Å². The summed E-state index contributed by atoms with van der Waals surface area (Å²) in [6.07, 6.45) is 0. The maximum atomic E-state index is 8.72. The summed E-state index contributed by atoms with van der Waals surface area (Å²) < 4.78 is 0. The van der Waals surface area contributed by atoms with Crippen molar-refractivity contribution >= 4 is 0 Å². The minimum absolute atomic E-state index is 0.0991. The molecule has 0 spiro atoms. The largest absolute Gasteiger partial charge is 0.384 e. The summed E-state index contributed by atoms with van der Waals surface area (Å²) in [5, 5.41) is 8.72. The van der Waals surface area contributed by atoms with Gasteiger partial charge in [0.15, 0.2) is 0 Å². The predicted octanol–water partition coefficient (Wildman–Crippen LogP) is 2.66. The van der Waals surface area contributed by atoms with Crippen LogP contribution in [0.1, 0.15) is 16.7 Å². The lowest BCUT2D eigenvalue weighted by Gasteiger charge is -2.17. The second-order valence-electron chi connectivity index (χ2n) is 4.82. The molecule has 0 aromatic heterocycles. The van der Waals surface area contributed by atoms with Gasteiger partial charge in [-0.25, -0.2) is 0 Å². The average molecular weight is 265 g/mol. The van der Waals surface area contributed by atoms with Crippen LogP contribution in [0.4, 0.5) is 0 Å². The molecule has 0 unspecified atom stereocenters. The minimum atomic E-state index is -0.0991. The highest BCUT2D eigenvalue weighted by molar-refractivity contribution is 5.37. The van der Waals surface area contributed by atoms with Gasteiger partial charge in [0.2, 0.25) is 0 Å². The van der Waals surface area contributed by atoms with Crippen molar-refractivity contribution in [3.63, 3.8) is 0 Å². The van der Waals surface area contributed by atoms with Crippen LogP contribution in [-0.4, -0.2) is 23.7 Å². The van der Waals surface area contributed by atoms with Crippen LogP contribution in [0.25, 0.3) is 0 Å². The zero-order valence-corrected chi connectivity index (χ0v) is 11.7. The van der Waals surface area contributed by atoms with Crippen molar-refractivity contribution in [2.24, 2.45) is 0 Å². The smallest absolute Gasteiger partial charge is 0.104 e. The highest BCUT2D eigenvalue weighted by atomic mass is 16.2. The van der Waals surface area contributed by atoms with Gasteiger partial charge in [0, 0.05) is 18.7 Å². The molecule has 0 aliphatic carbocycles. The number of hydrogen-bond acceptors (Lipinski definition) is 2. The molecule has 102 valence electrons. The molecule has 0 bridgehead atoms. The normalized spacial score (nSPS) is 10.2. The number of nitrogens with zero attached hydrogens (tertiary/aromatic N) is 1. The van der Waals surface area contributed by atoms with Crippen molar-refractivity contribution in [1.29, 1.82) is 0 Å². The van der Waals surface area contributed by atoms with Gasteiger partial charge in [-0.15, -0.1) is 0 Å². The van der Waals surface area contributed by atoms with E-state index in [9.17, 15) is 0 Å². The first-order valence-corrected chi connectivity index (χ1v) is 6.69. The van der Waals surface area contributed by atoms with Gasteiger partial charge in [0.05, 0.1) is 0 Å². The fourth-order valence-electron chi connectivity index (χ4n) is 2.15. The number of benzene rings is 2. The van der Waals surface area contributed by atoms with E-state index in [1.807, 2.05) is 18.2 Å². The molecule has 0 aliphatic heterocycles. The fraction of sp³-hybridized carbons (Fsp3) is 0.222. The summed E-state index contributed by atoms with van der Waals surface area (Å²) in [7, 11) is 2.11. The molecule has 2 aromatic rings. The lowest BCUT2D eigenvalue weighted by Crippen LogP contribution is -2.17. The van der Waals surface area contributed by atoms with E-state index in [1.54, 1.807) is 0 Å². The first-order valence-electron chi connectivity index (χ1n) is 6.69. The number of aliphatic hydroxyl groups is 1. The third kappa shape index (κ3) is 4.55. The maximum absolute atomic E-state index is 8.72. The van der Waals surface area contributed by atoms with Crippen LogP contribution in [0.2, 0.25) is 0 Å². The van der Waals surface area contributed by atoms with E-state index in [1.165, 1.54) is 11.1 Å². The van der Waals surface area contributed by atoms with Crippen LogP contribution in [0.5, 0.6) is 0 Å². The molecule has 1 N–H and O–H groups in total. The van der Waals surface area contributed by atoms with Crippen molar-refractivity contribution in [2.75, 3.05) is 13.7 Å². The Morgan fingerprint density at radius 3 is 2.40 bits per heavy atom. The number of rotatable bonds is 4. The van der Waals surface area contributed by atoms with Crippen LogP contribution >= 0.6 is 0 Å². The Balaban J connectivity index is 1.99. The molecule has 0 fully saturated rings. The summed E-state index contributed by atoms with van der Waals surface area (Å²) in [6.45, 7) is 1.70. The van der Waals surface area contributed by atoms with Crippen molar-refractivity contribution in [1.82, 2.24) is 4.90 Å². The highest BCUT2D eigenvalue weighted by Crippen LogP contribution is 2.09. The maximum Gasteiger partial charge on any atom is 0.104 e. The molecule has 0 heterocycles. The standard InChI is InChI=1S/C18H19NO/c1-19(14-17-7-3-2-4-8-17)15-18-10-5-9-16(13-18)11-6-12-20/h2-5,7-10,13,20H,12,14-15H2,1H3. The summed E-state index contributed by atoms with van der Waals surface area (Å²) in [4.78, 5) is 2.27. The Kier molecular flexibility index (Phi) is 5.37. The van der Waals surface area contributed by atoms with E-state index in [-0.39, 0.29) is 6.61 Å². The number of aliphatic hydroxyl groups excluding tert-OH is 1. The van der Waals surface area contributed by atoms with E-state index in [0.29, 0.717) is 0 Å². The van der Waals surface area contributed by atoms with Crippen LogP contribution in [0.3, 0.4) is 0 Å². The Labute approximate surface area is 120 Å². The molecule has 0 amide bonds. The summed E-state index contributed by atoms with van der Waals surface area (Å²) in [5.41, 5.74) is 3.49. The highest BCUT2D eigenvalue weighted by Gasteiger charge is 2.02. The van der Waals surface area contributed by atoms with Gasteiger partial charge in [-0.2, -0.15) is 0 Å². The predicted molar refractivity (Wildman–Crippen MR) is 82.0 cm³/mol. The van der Waals surface area contributed by atoms with Crippen LogP contribution in [-0.2, 0) is 13.1 Å². The molecule has 2 nitrogen and oxygen atoms in total. The Bertz CT molecular complexity index is 596. The summed E-state index contributed by atoms with van der Waals surface area (Å²) >= 11 is 0. The average Bonchev–Trinajstić information content (AvgIpc) is 2.46. The molecule has 2 rings (SSSR count). The molecule has 0 saturated carbocycles. The first-order chi connectivity index (χ1) is 9.78. The van der Waals surface area contributed by atoms with Gasteiger partial charge in [-0.05, 0) is 30.3 Å². The van der Waals surface area contributed by atoms with Crippen molar-refractivity contribution in [2.45, 2.75) is 13.1 Å². The lowest BCUT2D eigenvalue weighted by molar-refractivity contribution is 0.319. The van der Waals surface area contributed by atoms with Gasteiger partial charge in [0.1, 0.15) is 6.61 Å². The van der Waals surface area contributed by atoms with E-state index < -0.39 is 0 Å². The van der Waals surface area contributed by atoms with Gasteiger partial charge in [-0.1, -0.05) is 54.3 Å². The Morgan fingerprint density at radius 2 is 1.65 bits per heavy atom. The molecular weight excluding hydrogens is 246 g/mol. The molecule has 20 heavy (non-hydrogen) atoms. The monoisotopic (exact) mass is 265 g/mol. The molecule has 0 atom stereocenters. The SMILES string of the molecule is CN(Cc1ccccc1)Cc1cccc(C#CCO)c1. The minimum Gasteiger partial charge on any atom is -0.384 e. The molecule has 0 aliphatic rings. The zero-order valence-electron chi connectivity index (χ0n) is 11.7. The van der Waals surface area contributed by atoms with Gasteiger partial charge < -0.3 is 5.11 Å². The van der Waals surface area contributed by atoms with Crippen molar-refractivity contribution in [3.05, 3.63) is 71.3 Å². The molecule has 2 aromatic carbocycles. The van der Waals surface area contributed by atoms with Gasteiger partial charge >= 0.3 is 0 Å². The van der Waals surface area contributed by atoms with Crippen molar-refractivity contribution in [3.8, 4) is 11.8 Å². The van der Waals surface area contributed by atoms with Gasteiger partial charge in [-0.3, -0.25) is 4.90 Å². The van der Waals surface area contributed by atoms with Crippen LogP contribution < -0.4 is 0 Å². The van der Waals surface area contributed by atoms with E-state index >= 15 is 0 Å². The topological polar surface area (TPSA) is 23.5 Å². The second kappa shape index (κ2) is 7.49. The third-order valence-corrected chi connectivity index (χ3v) is 2.99. The molecule has 2 heteroatoms. The third-order valence-electron chi connectivity index (χ3n) is 2.99. The van der Waals surface area contributed by atoms with E-state index in [2.05, 4.69) is 60.2 Å².